The highest BCUT2D eigenvalue weighted by molar-refractivity contribution is 7.49. The lowest BCUT2D eigenvalue weighted by atomic mass is 10.1. The molecule has 0 aliphatic heterocycles. The number of nitrogens with two attached hydrogens (primary N) is 1. The van der Waals surface area contributed by atoms with Gasteiger partial charge >= 0.3 is 13.8 Å². The highest BCUT2D eigenvalue weighted by Crippen LogP contribution is 2.51. The zero-order valence-corrected chi connectivity index (χ0v) is 23.3. The Morgan fingerprint density at radius 3 is 2.77 bits per heavy atom. The number of nitrogens with zero attached hydrogens (tertiary/aromatic N) is 4. The number of rotatable bonds is 14. The zero-order valence-electron chi connectivity index (χ0n) is 22.4. The molecule has 2 aliphatic rings. The number of hydrogen-bond donors (Lipinski definition) is 3. The topological polar surface area (TPSA) is 165 Å². The summed E-state index contributed by atoms with van der Waals surface area (Å²) >= 11 is 0. The number of nitrogens with one attached hydrogen (secondary N) is 2. The van der Waals surface area contributed by atoms with E-state index in [0.717, 1.165) is 19.3 Å². The number of aromatic nitrogens is 4. The van der Waals surface area contributed by atoms with Gasteiger partial charge in [0.15, 0.2) is 17.0 Å². The number of allylic oxidation sites excluding steroid dienone is 1. The van der Waals surface area contributed by atoms with Gasteiger partial charge in [0.25, 0.3) is 0 Å². The van der Waals surface area contributed by atoms with Crippen molar-refractivity contribution in [2.75, 3.05) is 24.3 Å². The van der Waals surface area contributed by atoms with Crippen molar-refractivity contribution in [1.29, 1.82) is 0 Å². The van der Waals surface area contributed by atoms with Crippen molar-refractivity contribution in [3.63, 3.8) is 0 Å². The number of nitrogen functional groups attached to an aromatic ring is 1. The van der Waals surface area contributed by atoms with Crippen LogP contribution in [0.3, 0.4) is 0 Å². The van der Waals surface area contributed by atoms with Crippen LogP contribution in [0.5, 0.6) is 5.75 Å². The maximum Gasteiger partial charge on any atom is 0.589 e. The van der Waals surface area contributed by atoms with E-state index in [0.29, 0.717) is 36.1 Å². The minimum atomic E-state index is -4.33. The third kappa shape index (κ3) is 6.97. The number of anilines is 2. The van der Waals surface area contributed by atoms with Crippen LogP contribution < -0.4 is 21.1 Å². The van der Waals surface area contributed by atoms with E-state index in [2.05, 4.69) is 25.7 Å². The lowest BCUT2D eigenvalue weighted by molar-refractivity contribution is -0.142. The molecule has 0 amide bonds. The summed E-state index contributed by atoms with van der Waals surface area (Å²) in [7, 11) is -4.33. The van der Waals surface area contributed by atoms with Crippen LogP contribution in [0.15, 0.2) is 48.8 Å². The largest absolute Gasteiger partial charge is 0.589 e. The molecule has 4 atom stereocenters. The predicted molar refractivity (Wildman–Crippen MR) is 148 cm³/mol. The van der Waals surface area contributed by atoms with Gasteiger partial charge in [-0.15, -0.1) is 0 Å². The number of hydrogen-bond acceptors (Lipinski definition) is 12. The van der Waals surface area contributed by atoms with E-state index in [1.165, 1.54) is 6.92 Å². The van der Waals surface area contributed by atoms with Crippen molar-refractivity contribution in [3.05, 3.63) is 48.8 Å². The van der Waals surface area contributed by atoms with Gasteiger partial charge in [-0.1, -0.05) is 37.3 Å². The number of carbonyl (C=O) groups is 1. The monoisotopic (exact) mass is 571 g/mol. The normalized spacial score (nSPS) is 20.8. The van der Waals surface area contributed by atoms with Crippen LogP contribution in [-0.4, -0.2) is 50.8 Å². The van der Waals surface area contributed by atoms with Crippen molar-refractivity contribution >= 4 is 36.7 Å². The standard InChI is InChI=1S/C26H34N7O6P/c1-3-13-36-32-17(2)25(34)39-40(35,38-21-7-5-4-6-8-21)37-15-18-9-12-20(14-18)33-16-28-22-23(29-19-10-11-19)30-26(27)31-24(22)33/h4-9,12,16-20,32H,3,10-11,13-15H2,1-2H3,(H3,27,29,30,31)/t17-,18+,20-,40?/m0/s1. The Labute approximate surface area is 232 Å². The maximum absolute atomic E-state index is 13.6. The summed E-state index contributed by atoms with van der Waals surface area (Å²) in [6.07, 6.45) is 9.24. The Balaban J connectivity index is 1.25. The highest BCUT2D eigenvalue weighted by Gasteiger charge is 2.37. The number of phosphoric ester groups is 1. The highest BCUT2D eigenvalue weighted by atomic mass is 31.2. The molecule has 0 saturated heterocycles. The fourth-order valence-electron chi connectivity index (χ4n) is 4.17. The first kappa shape index (κ1) is 28.0. The van der Waals surface area contributed by atoms with Gasteiger partial charge < -0.3 is 29.5 Å². The van der Waals surface area contributed by atoms with E-state index in [9.17, 15) is 9.36 Å². The van der Waals surface area contributed by atoms with Gasteiger partial charge in [0, 0.05) is 12.0 Å². The first-order chi connectivity index (χ1) is 19.3. The smallest absolute Gasteiger partial charge is 0.395 e. The van der Waals surface area contributed by atoms with Crippen LogP contribution in [0.1, 0.15) is 45.6 Å². The SMILES string of the molecule is CCCON[C@@H](C)C(=O)OP(=O)(OC[C@@H]1C=C[C@H](n2cnc3c(NC4CC4)nc(N)nc32)C1)Oc1ccccc1. The Morgan fingerprint density at radius 1 is 1.23 bits per heavy atom. The fraction of sp³-hybridized carbons (Fsp3) is 0.462. The maximum atomic E-state index is 13.6. The summed E-state index contributed by atoms with van der Waals surface area (Å²) in [5.41, 5.74) is 9.85. The van der Waals surface area contributed by atoms with Gasteiger partial charge in [-0.3, -0.25) is 4.52 Å². The quantitative estimate of drug-likeness (QED) is 0.110. The molecule has 4 N–H and O–H groups in total. The molecule has 2 heterocycles. The van der Waals surface area contributed by atoms with Crippen LogP contribution in [-0.2, 0) is 23.2 Å². The van der Waals surface area contributed by atoms with Crippen LogP contribution >= 0.6 is 7.82 Å². The lowest BCUT2D eigenvalue weighted by Crippen LogP contribution is -2.35. The number of imidazole rings is 1. The number of phosphoric acid groups is 1. The summed E-state index contributed by atoms with van der Waals surface area (Å²) in [6, 6.07) is 7.84. The molecule has 40 heavy (non-hydrogen) atoms. The summed E-state index contributed by atoms with van der Waals surface area (Å²) < 4.78 is 32.1. The number of hydroxylamine groups is 1. The van der Waals surface area contributed by atoms with Crippen molar-refractivity contribution in [2.24, 2.45) is 5.92 Å². The fourth-order valence-corrected chi connectivity index (χ4v) is 5.45. The van der Waals surface area contributed by atoms with E-state index in [4.69, 9.17) is 24.1 Å². The van der Waals surface area contributed by atoms with Gasteiger partial charge in [0.05, 0.1) is 25.6 Å². The second-order valence-corrected chi connectivity index (χ2v) is 11.4. The number of carbonyl (C=O) groups excluding carboxylic acids is 1. The predicted octanol–water partition coefficient (Wildman–Crippen LogP) is 4.17. The second kappa shape index (κ2) is 12.3. The molecule has 14 heteroatoms. The van der Waals surface area contributed by atoms with E-state index in [1.54, 1.807) is 36.7 Å². The molecular formula is C26H34N7O6P. The molecule has 2 aromatic heterocycles. The molecule has 2 aliphatic carbocycles. The van der Waals surface area contributed by atoms with Crippen molar-refractivity contribution in [2.45, 2.75) is 57.7 Å². The Hall–Kier alpha value is -3.51. The first-order valence-corrected chi connectivity index (χ1v) is 14.8. The molecule has 5 rings (SSSR count). The van der Waals surface area contributed by atoms with Crippen LogP contribution in [0.2, 0.25) is 0 Å². The average Bonchev–Trinajstić information content (AvgIpc) is 3.45. The molecule has 1 aromatic carbocycles. The van der Waals surface area contributed by atoms with E-state index in [-0.39, 0.29) is 30.3 Å². The first-order valence-electron chi connectivity index (χ1n) is 13.4. The molecule has 13 nitrogen and oxygen atoms in total. The third-order valence-electron chi connectivity index (χ3n) is 6.39. The molecule has 1 saturated carbocycles. The van der Waals surface area contributed by atoms with Crippen molar-refractivity contribution < 1.29 is 27.8 Å². The molecular weight excluding hydrogens is 537 g/mol. The summed E-state index contributed by atoms with van der Waals surface area (Å²) in [5.74, 6) is 0.0896. The molecule has 0 spiro atoms. The van der Waals surface area contributed by atoms with Gasteiger partial charge in [-0.2, -0.15) is 15.4 Å². The number of benzene rings is 1. The van der Waals surface area contributed by atoms with Crippen LogP contribution in [0, 0.1) is 5.92 Å². The minimum absolute atomic E-state index is 0.00320. The van der Waals surface area contributed by atoms with Gasteiger partial charge in [0.2, 0.25) is 5.95 Å². The third-order valence-corrected chi connectivity index (χ3v) is 7.70. The second-order valence-electron chi connectivity index (χ2n) is 9.87. The van der Waals surface area contributed by atoms with Crippen LogP contribution in [0.25, 0.3) is 11.2 Å². The Kier molecular flexibility index (Phi) is 8.65. The average molecular weight is 572 g/mol. The molecule has 1 fully saturated rings. The lowest BCUT2D eigenvalue weighted by Gasteiger charge is -2.21. The minimum Gasteiger partial charge on any atom is -0.395 e. The molecule has 3 aromatic rings. The molecule has 214 valence electrons. The summed E-state index contributed by atoms with van der Waals surface area (Å²) in [5, 5.41) is 3.36. The number of para-hydroxylation sites is 1. The molecule has 0 bridgehead atoms. The van der Waals surface area contributed by atoms with Gasteiger partial charge in [0.1, 0.15) is 11.8 Å². The van der Waals surface area contributed by atoms with Gasteiger partial charge in [-0.25, -0.2) is 14.3 Å². The summed E-state index contributed by atoms with van der Waals surface area (Å²) in [4.78, 5) is 31.1. The van der Waals surface area contributed by atoms with E-state index < -0.39 is 19.8 Å². The Morgan fingerprint density at radius 2 is 2.02 bits per heavy atom. The zero-order chi connectivity index (χ0) is 28.1. The summed E-state index contributed by atoms with van der Waals surface area (Å²) in [6.45, 7) is 3.87. The van der Waals surface area contributed by atoms with Crippen molar-refractivity contribution in [3.8, 4) is 5.75 Å². The van der Waals surface area contributed by atoms with Crippen molar-refractivity contribution in [1.82, 2.24) is 25.0 Å². The van der Waals surface area contributed by atoms with Crippen LogP contribution in [0.4, 0.5) is 11.8 Å². The van der Waals surface area contributed by atoms with E-state index >= 15 is 0 Å². The Bertz CT molecular complexity index is 1400. The number of fused-ring (bicyclic) bond motifs is 1. The molecule has 0 radical (unpaired) electrons. The van der Waals surface area contributed by atoms with Gasteiger partial charge in [-0.05, 0) is 44.7 Å². The molecule has 1 unspecified atom stereocenters. The van der Waals surface area contributed by atoms with E-state index in [1.807, 2.05) is 23.6 Å².